The third kappa shape index (κ3) is 2.51. The van der Waals surface area contributed by atoms with Crippen molar-refractivity contribution in [2.45, 2.75) is 25.4 Å². The van der Waals surface area contributed by atoms with Crippen molar-refractivity contribution in [2.75, 3.05) is 13.1 Å². The lowest BCUT2D eigenvalue weighted by Gasteiger charge is -2.25. The number of benzene rings is 1. The molecule has 0 amide bonds. The first-order valence-corrected chi connectivity index (χ1v) is 5.79. The molecule has 0 radical (unpaired) electrons. The zero-order valence-electron chi connectivity index (χ0n) is 8.67. The molecular formula is C12H16ClNO. The topological polar surface area (TPSA) is 32.3 Å². The van der Waals surface area contributed by atoms with Crippen LogP contribution in [0.4, 0.5) is 0 Å². The maximum atomic E-state index is 9.29. The maximum Gasteiger partial charge on any atom is 0.0685 e. The van der Waals surface area contributed by atoms with Crippen LogP contribution in [0.3, 0.4) is 0 Å². The summed E-state index contributed by atoms with van der Waals surface area (Å²) in [4.78, 5) is 0. The highest BCUT2D eigenvalue weighted by molar-refractivity contribution is 6.30. The van der Waals surface area contributed by atoms with Crippen molar-refractivity contribution in [1.29, 1.82) is 0 Å². The van der Waals surface area contributed by atoms with Gasteiger partial charge in [-0.15, -0.1) is 0 Å². The van der Waals surface area contributed by atoms with Crippen LogP contribution in [0, 0.1) is 0 Å². The summed E-state index contributed by atoms with van der Waals surface area (Å²) in [6, 6.07) is 5.82. The average molecular weight is 226 g/mol. The van der Waals surface area contributed by atoms with Crippen LogP contribution in [-0.4, -0.2) is 18.2 Å². The number of piperidine rings is 1. The molecule has 1 fully saturated rings. The minimum atomic E-state index is 0.0758. The first kappa shape index (κ1) is 10.9. The summed E-state index contributed by atoms with van der Waals surface area (Å²) in [6.07, 6.45) is 2.40. The molecule has 15 heavy (non-hydrogen) atoms. The Balaban J connectivity index is 2.25. The van der Waals surface area contributed by atoms with Crippen molar-refractivity contribution in [1.82, 2.24) is 5.32 Å². The molecule has 2 rings (SSSR count). The molecule has 1 heterocycles. The van der Waals surface area contributed by atoms with Gasteiger partial charge < -0.3 is 10.4 Å². The van der Waals surface area contributed by atoms with Gasteiger partial charge in [0.1, 0.15) is 0 Å². The SMILES string of the molecule is OCc1cc(Cl)ccc1C1CCCNC1. The van der Waals surface area contributed by atoms with E-state index in [0.29, 0.717) is 10.9 Å². The van der Waals surface area contributed by atoms with Crippen LogP contribution < -0.4 is 5.32 Å². The quantitative estimate of drug-likeness (QED) is 0.810. The molecule has 0 aromatic heterocycles. The van der Waals surface area contributed by atoms with E-state index in [-0.39, 0.29) is 6.61 Å². The minimum absolute atomic E-state index is 0.0758. The second kappa shape index (κ2) is 4.97. The van der Waals surface area contributed by atoms with Crippen LogP contribution in [0.2, 0.25) is 5.02 Å². The standard InChI is InChI=1S/C12H16ClNO/c13-11-3-4-12(10(6-11)8-15)9-2-1-5-14-7-9/h3-4,6,9,14-15H,1-2,5,7-8H2. The Labute approximate surface area is 95.3 Å². The van der Waals surface area contributed by atoms with E-state index in [1.807, 2.05) is 18.2 Å². The van der Waals surface area contributed by atoms with Gasteiger partial charge >= 0.3 is 0 Å². The fraction of sp³-hybridized carbons (Fsp3) is 0.500. The van der Waals surface area contributed by atoms with E-state index in [4.69, 9.17) is 11.6 Å². The molecule has 2 N–H and O–H groups in total. The van der Waals surface area contributed by atoms with Crippen molar-refractivity contribution in [3.63, 3.8) is 0 Å². The molecule has 1 atom stereocenters. The summed E-state index contributed by atoms with van der Waals surface area (Å²) in [7, 11) is 0. The number of hydrogen-bond acceptors (Lipinski definition) is 2. The van der Waals surface area contributed by atoms with E-state index in [9.17, 15) is 5.11 Å². The van der Waals surface area contributed by atoms with Crippen LogP contribution in [0.5, 0.6) is 0 Å². The Morgan fingerprint density at radius 1 is 1.47 bits per heavy atom. The molecule has 1 aliphatic heterocycles. The minimum Gasteiger partial charge on any atom is -0.392 e. The summed E-state index contributed by atoms with van der Waals surface area (Å²) >= 11 is 5.91. The number of aliphatic hydroxyl groups excluding tert-OH is 1. The second-order valence-electron chi connectivity index (χ2n) is 4.04. The average Bonchev–Trinajstić information content (AvgIpc) is 2.30. The van der Waals surface area contributed by atoms with Crippen molar-refractivity contribution < 1.29 is 5.11 Å². The predicted octanol–water partition coefficient (Wildman–Crippen LogP) is 2.30. The molecule has 1 aromatic rings. The fourth-order valence-electron chi connectivity index (χ4n) is 2.23. The third-order valence-electron chi connectivity index (χ3n) is 3.01. The highest BCUT2D eigenvalue weighted by Gasteiger charge is 2.17. The Morgan fingerprint density at radius 2 is 2.33 bits per heavy atom. The van der Waals surface area contributed by atoms with Crippen LogP contribution in [0.1, 0.15) is 29.9 Å². The van der Waals surface area contributed by atoms with E-state index in [2.05, 4.69) is 5.32 Å². The molecule has 0 bridgehead atoms. The smallest absolute Gasteiger partial charge is 0.0685 e. The fourth-order valence-corrected chi connectivity index (χ4v) is 2.42. The third-order valence-corrected chi connectivity index (χ3v) is 3.25. The molecule has 82 valence electrons. The van der Waals surface area contributed by atoms with Gasteiger partial charge in [-0.3, -0.25) is 0 Å². The zero-order chi connectivity index (χ0) is 10.7. The van der Waals surface area contributed by atoms with Gasteiger partial charge in [0, 0.05) is 11.6 Å². The lowest BCUT2D eigenvalue weighted by molar-refractivity contribution is 0.279. The van der Waals surface area contributed by atoms with Gasteiger partial charge in [0.2, 0.25) is 0 Å². The summed E-state index contributed by atoms with van der Waals surface area (Å²) in [5.41, 5.74) is 2.21. The summed E-state index contributed by atoms with van der Waals surface area (Å²) in [5.74, 6) is 0.526. The number of aliphatic hydroxyl groups is 1. The van der Waals surface area contributed by atoms with Crippen molar-refractivity contribution >= 4 is 11.6 Å². The summed E-state index contributed by atoms with van der Waals surface area (Å²) in [5, 5.41) is 13.4. The number of hydrogen-bond donors (Lipinski definition) is 2. The first-order chi connectivity index (χ1) is 7.31. The molecular weight excluding hydrogens is 210 g/mol. The van der Waals surface area contributed by atoms with Gasteiger partial charge in [0.15, 0.2) is 0 Å². The summed E-state index contributed by atoms with van der Waals surface area (Å²) in [6.45, 7) is 2.19. The number of rotatable bonds is 2. The van der Waals surface area contributed by atoms with Gasteiger partial charge in [-0.05, 0) is 48.6 Å². The maximum absolute atomic E-state index is 9.29. The Morgan fingerprint density at radius 3 is 3.00 bits per heavy atom. The van der Waals surface area contributed by atoms with E-state index in [0.717, 1.165) is 18.7 Å². The highest BCUT2D eigenvalue weighted by Crippen LogP contribution is 2.28. The number of nitrogens with one attached hydrogen (secondary N) is 1. The van der Waals surface area contributed by atoms with Crippen molar-refractivity contribution in [2.24, 2.45) is 0 Å². The van der Waals surface area contributed by atoms with Crippen LogP contribution in [0.15, 0.2) is 18.2 Å². The van der Waals surface area contributed by atoms with E-state index in [1.165, 1.54) is 18.4 Å². The molecule has 2 nitrogen and oxygen atoms in total. The molecule has 0 aliphatic carbocycles. The summed E-state index contributed by atoms with van der Waals surface area (Å²) < 4.78 is 0. The lowest BCUT2D eigenvalue weighted by Crippen LogP contribution is -2.28. The largest absolute Gasteiger partial charge is 0.392 e. The zero-order valence-corrected chi connectivity index (χ0v) is 9.43. The highest BCUT2D eigenvalue weighted by atomic mass is 35.5. The van der Waals surface area contributed by atoms with Crippen molar-refractivity contribution in [3.8, 4) is 0 Å². The van der Waals surface area contributed by atoms with E-state index >= 15 is 0 Å². The van der Waals surface area contributed by atoms with Gasteiger partial charge in [0.05, 0.1) is 6.61 Å². The molecule has 1 aromatic carbocycles. The van der Waals surface area contributed by atoms with Crippen LogP contribution in [0.25, 0.3) is 0 Å². The molecule has 1 unspecified atom stereocenters. The van der Waals surface area contributed by atoms with Gasteiger partial charge in [-0.1, -0.05) is 17.7 Å². The molecule has 1 saturated heterocycles. The van der Waals surface area contributed by atoms with E-state index < -0.39 is 0 Å². The second-order valence-corrected chi connectivity index (χ2v) is 4.48. The van der Waals surface area contributed by atoms with Gasteiger partial charge in [0.25, 0.3) is 0 Å². The van der Waals surface area contributed by atoms with Crippen LogP contribution in [-0.2, 0) is 6.61 Å². The molecule has 1 aliphatic rings. The Kier molecular flexibility index (Phi) is 3.62. The van der Waals surface area contributed by atoms with Crippen molar-refractivity contribution in [3.05, 3.63) is 34.3 Å². The van der Waals surface area contributed by atoms with Gasteiger partial charge in [-0.2, -0.15) is 0 Å². The normalized spacial score (nSPS) is 21.6. The molecule has 0 saturated carbocycles. The predicted molar refractivity (Wildman–Crippen MR) is 62.2 cm³/mol. The molecule has 0 spiro atoms. The Bertz CT molecular complexity index is 334. The van der Waals surface area contributed by atoms with E-state index in [1.54, 1.807) is 0 Å². The van der Waals surface area contributed by atoms with Crippen LogP contribution >= 0.6 is 11.6 Å². The number of halogens is 1. The Hall–Kier alpha value is -0.570. The lowest BCUT2D eigenvalue weighted by atomic mass is 9.88. The first-order valence-electron chi connectivity index (χ1n) is 5.41. The van der Waals surface area contributed by atoms with Gasteiger partial charge in [-0.25, -0.2) is 0 Å². The monoisotopic (exact) mass is 225 g/mol. The molecule has 3 heteroatoms.